The van der Waals surface area contributed by atoms with Crippen molar-refractivity contribution < 1.29 is 17.9 Å². The Morgan fingerprint density at radius 2 is 1.86 bits per heavy atom. The summed E-state index contributed by atoms with van der Waals surface area (Å²) in [6.07, 6.45) is 0. The monoisotopic (exact) mass is 364 g/mol. The number of hydrogen-bond acceptors (Lipinski definition) is 5. The molecule has 0 spiro atoms. The van der Waals surface area contributed by atoms with Crippen LogP contribution in [0.3, 0.4) is 0 Å². The third-order valence-corrected chi connectivity index (χ3v) is 5.82. The van der Waals surface area contributed by atoms with Crippen molar-refractivity contribution in [2.75, 3.05) is 12.9 Å². The molecule has 0 radical (unpaired) electrons. The number of sulfone groups is 1. The molecule has 0 fully saturated rings. The second-order valence-electron chi connectivity index (χ2n) is 4.10. The minimum absolute atomic E-state index is 0.0501. The molecule has 4 nitrogen and oxygen atoms in total. The van der Waals surface area contributed by atoms with E-state index in [9.17, 15) is 13.2 Å². The first-order valence-electron chi connectivity index (χ1n) is 5.68. The van der Waals surface area contributed by atoms with Gasteiger partial charge in [0.05, 0.1) is 16.3 Å². The Hall–Kier alpha value is -1.08. The molecule has 2 aromatic rings. The van der Waals surface area contributed by atoms with E-state index in [2.05, 4.69) is 0 Å². The van der Waals surface area contributed by atoms with Crippen LogP contribution in [0.2, 0.25) is 8.67 Å². The highest BCUT2D eigenvalue weighted by molar-refractivity contribution is 7.92. The zero-order chi connectivity index (χ0) is 15.6. The molecular formula is C13H10Cl2O4S2. The van der Waals surface area contributed by atoms with E-state index in [0.717, 1.165) is 11.3 Å². The first kappa shape index (κ1) is 16.3. The Balaban J connectivity index is 2.24. The molecule has 0 aliphatic carbocycles. The average molecular weight is 365 g/mol. The van der Waals surface area contributed by atoms with Crippen molar-refractivity contribution in [1.82, 2.24) is 0 Å². The van der Waals surface area contributed by atoms with Gasteiger partial charge < -0.3 is 4.74 Å². The van der Waals surface area contributed by atoms with Gasteiger partial charge in [-0.05, 0) is 30.3 Å². The number of carbonyl (C=O) groups is 1. The molecule has 1 aromatic carbocycles. The molecule has 0 atom stereocenters. The molecule has 0 amide bonds. The van der Waals surface area contributed by atoms with Gasteiger partial charge in [0, 0.05) is 5.56 Å². The van der Waals surface area contributed by atoms with Crippen LogP contribution in [0.4, 0.5) is 0 Å². The Morgan fingerprint density at radius 3 is 2.33 bits per heavy atom. The van der Waals surface area contributed by atoms with Crippen molar-refractivity contribution in [3.8, 4) is 5.75 Å². The minimum Gasteiger partial charge on any atom is -0.497 e. The molecule has 21 heavy (non-hydrogen) atoms. The van der Waals surface area contributed by atoms with Gasteiger partial charge in [-0.15, -0.1) is 11.3 Å². The molecule has 8 heteroatoms. The van der Waals surface area contributed by atoms with Crippen LogP contribution in [0.15, 0.2) is 35.2 Å². The smallest absolute Gasteiger partial charge is 0.185 e. The van der Waals surface area contributed by atoms with E-state index < -0.39 is 21.4 Å². The summed E-state index contributed by atoms with van der Waals surface area (Å²) in [7, 11) is -2.26. The summed E-state index contributed by atoms with van der Waals surface area (Å²) in [5.41, 5.74) is 0.128. The molecule has 2 rings (SSSR count). The fourth-order valence-electron chi connectivity index (χ4n) is 1.65. The summed E-state index contributed by atoms with van der Waals surface area (Å²) in [6, 6.07) is 7.20. The second-order valence-corrected chi connectivity index (χ2v) is 8.37. The summed E-state index contributed by atoms with van der Waals surface area (Å²) in [4.78, 5) is 12.1. The lowest BCUT2D eigenvalue weighted by Gasteiger charge is -2.05. The lowest BCUT2D eigenvalue weighted by molar-refractivity contribution is 0.102. The predicted molar refractivity (Wildman–Crippen MR) is 83.7 cm³/mol. The number of thiophene rings is 1. The van der Waals surface area contributed by atoms with Crippen molar-refractivity contribution >= 4 is 50.2 Å². The molecule has 0 aliphatic rings. The van der Waals surface area contributed by atoms with E-state index in [0.29, 0.717) is 10.1 Å². The number of rotatable bonds is 5. The number of halogens is 2. The molecule has 1 aromatic heterocycles. The third-order valence-electron chi connectivity index (χ3n) is 2.70. The summed E-state index contributed by atoms with van der Waals surface area (Å²) in [5.74, 6) is -0.710. The number of Topliss-reactive ketones (excluding diaryl/α,β-unsaturated/α-hetero) is 1. The Bertz CT molecular complexity index is 764. The molecule has 0 unspecified atom stereocenters. The van der Waals surface area contributed by atoms with Gasteiger partial charge in [-0.3, -0.25) is 4.79 Å². The van der Waals surface area contributed by atoms with Crippen LogP contribution in [0.1, 0.15) is 10.4 Å². The molecule has 0 saturated heterocycles. The zero-order valence-electron chi connectivity index (χ0n) is 10.8. The van der Waals surface area contributed by atoms with Crippen LogP contribution in [-0.4, -0.2) is 27.1 Å². The van der Waals surface area contributed by atoms with Gasteiger partial charge in [-0.1, -0.05) is 23.2 Å². The van der Waals surface area contributed by atoms with Crippen molar-refractivity contribution in [2.24, 2.45) is 0 Å². The molecule has 0 N–H and O–H groups in total. The molecule has 112 valence electrons. The molecular weight excluding hydrogens is 355 g/mol. The first-order valence-corrected chi connectivity index (χ1v) is 8.91. The van der Waals surface area contributed by atoms with Crippen molar-refractivity contribution in [1.29, 1.82) is 0 Å². The normalized spacial score (nSPS) is 11.4. The lowest BCUT2D eigenvalue weighted by Crippen LogP contribution is -2.16. The zero-order valence-corrected chi connectivity index (χ0v) is 13.9. The number of ether oxygens (including phenoxy) is 1. The van der Waals surface area contributed by atoms with E-state index in [1.165, 1.54) is 37.4 Å². The summed E-state index contributed by atoms with van der Waals surface area (Å²) >= 11 is 12.6. The second kappa shape index (κ2) is 6.36. The highest BCUT2D eigenvalue weighted by Gasteiger charge is 2.23. The minimum atomic E-state index is -3.74. The predicted octanol–water partition coefficient (Wildman–Crippen LogP) is 3.72. The summed E-state index contributed by atoms with van der Waals surface area (Å²) < 4.78 is 29.9. The summed E-state index contributed by atoms with van der Waals surface area (Å²) in [5, 5.41) is 0. The van der Waals surface area contributed by atoms with Gasteiger partial charge in [0.25, 0.3) is 0 Å². The third kappa shape index (κ3) is 3.77. The Morgan fingerprint density at radius 1 is 1.24 bits per heavy atom. The highest BCUT2D eigenvalue weighted by Crippen LogP contribution is 2.32. The summed E-state index contributed by atoms with van der Waals surface area (Å²) in [6.45, 7) is 0. The highest BCUT2D eigenvalue weighted by atomic mass is 35.5. The van der Waals surface area contributed by atoms with E-state index in [-0.39, 0.29) is 14.8 Å². The van der Waals surface area contributed by atoms with Gasteiger partial charge in [-0.25, -0.2) is 8.42 Å². The van der Waals surface area contributed by atoms with E-state index in [1.54, 1.807) is 0 Å². The van der Waals surface area contributed by atoms with Crippen molar-refractivity contribution in [3.63, 3.8) is 0 Å². The maximum absolute atomic E-state index is 12.2. The maximum Gasteiger partial charge on any atom is 0.185 e. The molecule has 0 bridgehead atoms. The van der Waals surface area contributed by atoms with Crippen LogP contribution in [0.25, 0.3) is 0 Å². The van der Waals surface area contributed by atoms with Gasteiger partial charge in [-0.2, -0.15) is 0 Å². The van der Waals surface area contributed by atoms with Gasteiger partial charge in [0.15, 0.2) is 15.6 Å². The Labute approximate surface area is 136 Å². The van der Waals surface area contributed by atoms with E-state index in [1.807, 2.05) is 0 Å². The number of ketones is 1. The number of carbonyl (C=O) groups excluding carboxylic acids is 1. The van der Waals surface area contributed by atoms with E-state index >= 15 is 0 Å². The van der Waals surface area contributed by atoms with Crippen LogP contribution in [0.5, 0.6) is 5.75 Å². The fourth-order valence-corrected chi connectivity index (χ4v) is 4.36. The van der Waals surface area contributed by atoms with Crippen molar-refractivity contribution in [3.05, 3.63) is 44.6 Å². The lowest BCUT2D eigenvalue weighted by atomic mass is 10.2. The first-order chi connectivity index (χ1) is 9.83. The topological polar surface area (TPSA) is 60.4 Å². The Kier molecular flexibility index (Phi) is 4.93. The molecule has 0 saturated carbocycles. The average Bonchev–Trinajstić information content (AvgIpc) is 2.77. The van der Waals surface area contributed by atoms with Gasteiger partial charge in [0.1, 0.15) is 15.8 Å². The van der Waals surface area contributed by atoms with Crippen LogP contribution in [-0.2, 0) is 9.84 Å². The molecule has 0 aliphatic heterocycles. The SMILES string of the molecule is COc1ccc(S(=O)(=O)CC(=O)c2cc(Cl)sc2Cl)cc1. The van der Waals surface area contributed by atoms with Crippen LogP contribution >= 0.6 is 34.5 Å². The standard InChI is InChI=1S/C13H10Cl2O4S2/c1-19-8-2-4-9(5-3-8)21(17,18)7-11(16)10-6-12(14)20-13(10)15/h2-6H,7H2,1H3. The van der Waals surface area contributed by atoms with Crippen LogP contribution < -0.4 is 4.74 Å². The number of methoxy groups -OCH3 is 1. The van der Waals surface area contributed by atoms with Crippen LogP contribution in [0, 0.1) is 0 Å². The fraction of sp³-hybridized carbons (Fsp3) is 0.154. The number of hydrogen-bond donors (Lipinski definition) is 0. The van der Waals surface area contributed by atoms with Gasteiger partial charge >= 0.3 is 0 Å². The quantitative estimate of drug-likeness (QED) is 0.758. The van der Waals surface area contributed by atoms with Gasteiger partial charge in [0.2, 0.25) is 0 Å². The largest absolute Gasteiger partial charge is 0.497 e. The van der Waals surface area contributed by atoms with E-state index in [4.69, 9.17) is 27.9 Å². The van der Waals surface area contributed by atoms with Crippen molar-refractivity contribution in [2.45, 2.75) is 4.90 Å². The number of benzene rings is 1. The molecule has 1 heterocycles. The maximum atomic E-state index is 12.2.